The highest BCUT2D eigenvalue weighted by Crippen LogP contribution is 2.48. The molecule has 4 atom stereocenters. The number of alkyl halides is 1. The van der Waals surface area contributed by atoms with Crippen LogP contribution in [0.1, 0.15) is 32.6 Å². The van der Waals surface area contributed by atoms with Crippen molar-refractivity contribution in [3.63, 3.8) is 0 Å². The van der Waals surface area contributed by atoms with Gasteiger partial charge in [0, 0.05) is 18.5 Å². The number of hydrogen-bond acceptors (Lipinski definition) is 1. The highest BCUT2D eigenvalue weighted by atomic mass is 35.5. The molecule has 0 heterocycles. The molecule has 2 saturated carbocycles. The number of fused-ring (bicyclic) bond motifs is 2. The van der Waals surface area contributed by atoms with Crippen LogP contribution >= 0.6 is 11.6 Å². The summed E-state index contributed by atoms with van der Waals surface area (Å²) in [6, 6.07) is 0.538. The van der Waals surface area contributed by atoms with Crippen LogP contribution in [0.4, 0.5) is 0 Å². The van der Waals surface area contributed by atoms with E-state index in [1.807, 2.05) is 0 Å². The van der Waals surface area contributed by atoms with E-state index in [0.29, 0.717) is 6.04 Å². The molecule has 2 bridgehead atoms. The van der Waals surface area contributed by atoms with Crippen molar-refractivity contribution in [2.75, 3.05) is 19.5 Å². The lowest BCUT2D eigenvalue weighted by atomic mass is 9.88. The second kappa shape index (κ2) is 4.40. The zero-order chi connectivity index (χ0) is 10.1. The quantitative estimate of drug-likeness (QED) is 0.652. The SMILES string of the molecule is CC(CCl)N(C)CC1CC2CCC1C2. The van der Waals surface area contributed by atoms with Gasteiger partial charge in [0.05, 0.1) is 0 Å². The molecule has 4 unspecified atom stereocenters. The standard InChI is InChI=1S/C12H22ClN/c1-9(7-13)14(2)8-12-6-10-3-4-11(12)5-10/h9-12H,3-8H2,1-2H3. The van der Waals surface area contributed by atoms with Gasteiger partial charge in [0.1, 0.15) is 0 Å². The van der Waals surface area contributed by atoms with Crippen molar-refractivity contribution in [3.8, 4) is 0 Å². The molecule has 2 aliphatic carbocycles. The molecule has 0 N–H and O–H groups in total. The number of rotatable bonds is 4. The van der Waals surface area contributed by atoms with Gasteiger partial charge < -0.3 is 4.90 Å². The molecule has 2 fully saturated rings. The first-order valence-corrected chi connectivity index (χ1v) is 6.50. The van der Waals surface area contributed by atoms with E-state index in [0.717, 1.165) is 23.6 Å². The molecular formula is C12H22ClN. The molecule has 0 aromatic carbocycles. The minimum atomic E-state index is 0.538. The first-order valence-electron chi connectivity index (χ1n) is 5.97. The zero-order valence-corrected chi connectivity index (χ0v) is 10.1. The average molecular weight is 216 g/mol. The fourth-order valence-corrected chi connectivity index (χ4v) is 3.50. The first kappa shape index (κ1) is 10.8. The molecule has 2 aliphatic rings. The van der Waals surface area contributed by atoms with Crippen LogP contribution < -0.4 is 0 Å². The predicted molar refractivity (Wildman–Crippen MR) is 61.8 cm³/mol. The van der Waals surface area contributed by atoms with Crippen molar-refractivity contribution in [2.45, 2.75) is 38.6 Å². The van der Waals surface area contributed by atoms with Gasteiger partial charge in [-0.25, -0.2) is 0 Å². The van der Waals surface area contributed by atoms with E-state index in [-0.39, 0.29) is 0 Å². The van der Waals surface area contributed by atoms with Crippen LogP contribution in [0.2, 0.25) is 0 Å². The molecule has 0 amide bonds. The number of hydrogen-bond donors (Lipinski definition) is 0. The molecule has 2 rings (SSSR count). The normalized spacial score (nSPS) is 38.1. The average Bonchev–Trinajstić information content (AvgIpc) is 2.77. The summed E-state index contributed by atoms with van der Waals surface area (Å²) in [6.07, 6.45) is 6.02. The largest absolute Gasteiger partial charge is 0.302 e. The Morgan fingerprint density at radius 2 is 2.14 bits per heavy atom. The summed E-state index contributed by atoms with van der Waals surface area (Å²) in [7, 11) is 2.22. The van der Waals surface area contributed by atoms with Crippen LogP contribution in [0.25, 0.3) is 0 Å². The van der Waals surface area contributed by atoms with Crippen LogP contribution in [0.3, 0.4) is 0 Å². The van der Waals surface area contributed by atoms with Gasteiger partial charge in [0.25, 0.3) is 0 Å². The van der Waals surface area contributed by atoms with Gasteiger partial charge in [-0.3, -0.25) is 0 Å². The van der Waals surface area contributed by atoms with Gasteiger partial charge in [-0.15, -0.1) is 11.6 Å². The summed E-state index contributed by atoms with van der Waals surface area (Å²) in [5.41, 5.74) is 0. The molecule has 2 heteroatoms. The molecule has 0 saturated heterocycles. The topological polar surface area (TPSA) is 3.24 Å². The van der Waals surface area contributed by atoms with Gasteiger partial charge in [0.2, 0.25) is 0 Å². The molecule has 0 aromatic rings. The third-order valence-corrected chi connectivity index (χ3v) is 4.83. The minimum Gasteiger partial charge on any atom is -0.302 e. The predicted octanol–water partition coefficient (Wildman–Crippen LogP) is 2.98. The van der Waals surface area contributed by atoms with Crippen LogP contribution in [-0.4, -0.2) is 30.4 Å². The lowest BCUT2D eigenvalue weighted by molar-refractivity contribution is 0.191. The third kappa shape index (κ3) is 2.09. The maximum absolute atomic E-state index is 5.87. The van der Waals surface area contributed by atoms with E-state index in [2.05, 4.69) is 18.9 Å². The first-order chi connectivity index (χ1) is 6.70. The van der Waals surface area contributed by atoms with Crippen LogP contribution in [0.5, 0.6) is 0 Å². The Morgan fingerprint density at radius 3 is 2.64 bits per heavy atom. The van der Waals surface area contributed by atoms with Crippen LogP contribution in [-0.2, 0) is 0 Å². The Labute approximate surface area is 92.8 Å². The summed E-state index contributed by atoms with van der Waals surface area (Å²) in [5, 5.41) is 0. The van der Waals surface area contributed by atoms with E-state index in [9.17, 15) is 0 Å². The van der Waals surface area contributed by atoms with E-state index in [4.69, 9.17) is 11.6 Å². The third-order valence-electron chi connectivity index (χ3n) is 4.38. The molecule has 0 aromatic heterocycles. The van der Waals surface area contributed by atoms with Crippen molar-refractivity contribution in [2.24, 2.45) is 17.8 Å². The highest BCUT2D eigenvalue weighted by molar-refractivity contribution is 6.18. The highest BCUT2D eigenvalue weighted by Gasteiger charge is 2.39. The van der Waals surface area contributed by atoms with Gasteiger partial charge in [-0.05, 0) is 51.0 Å². The van der Waals surface area contributed by atoms with E-state index < -0.39 is 0 Å². The summed E-state index contributed by atoms with van der Waals surface area (Å²) in [6.45, 7) is 3.50. The van der Waals surface area contributed by atoms with Crippen molar-refractivity contribution in [1.82, 2.24) is 4.90 Å². The van der Waals surface area contributed by atoms with Gasteiger partial charge >= 0.3 is 0 Å². The second-order valence-corrected chi connectivity index (χ2v) is 5.69. The van der Waals surface area contributed by atoms with E-state index in [1.165, 1.54) is 32.2 Å². The van der Waals surface area contributed by atoms with Crippen LogP contribution in [0.15, 0.2) is 0 Å². The van der Waals surface area contributed by atoms with Crippen molar-refractivity contribution in [3.05, 3.63) is 0 Å². The molecule has 1 nitrogen and oxygen atoms in total. The fourth-order valence-electron chi connectivity index (χ4n) is 3.27. The Balaban J connectivity index is 1.80. The Bertz CT molecular complexity index is 195. The zero-order valence-electron chi connectivity index (χ0n) is 9.38. The van der Waals surface area contributed by atoms with E-state index in [1.54, 1.807) is 0 Å². The minimum absolute atomic E-state index is 0.538. The van der Waals surface area contributed by atoms with Gasteiger partial charge in [0.15, 0.2) is 0 Å². The molecule has 0 aliphatic heterocycles. The Hall–Kier alpha value is 0.250. The lowest BCUT2D eigenvalue weighted by Crippen LogP contribution is -2.36. The van der Waals surface area contributed by atoms with Gasteiger partial charge in [-0.2, -0.15) is 0 Å². The molecular weight excluding hydrogens is 194 g/mol. The molecule has 14 heavy (non-hydrogen) atoms. The monoisotopic (exact) mass is 215 g/mol. The maximum Gasteiger partial charge on any atom is 0.0376 e. The summed E-state index contributed by atoms with van der Waals surface area (Å²) in [4.78, 5) is 2.44. The maximum atomic E-state index is 5.87. The molecule has 82 valence electrons. The lowest BCUT2D eigenvalue weighted by Gasteiger charge is -2.30. The number of halogens is 1. The second-order valence-electron chi connectivity index (χ2n) is 5.38. The molecule has 0 radical (unpaired) electrons. The molecule has 0 spiro atoms. The van der Waals surface area contributed by atoms with E-state index >= 15 is 0 Å². The fraction of sp³-hybridized carbons (Fsp3) is 1.00. The summed E-state index contributed by atoms with van der Waals surface area (Å²) < 4.78 is 0. The van der Waals surface area contributed by atoms with Crippen molar-refractivity contribution in [1.29, 1.82) is 0 Å². The summed E-state index contributed by atoms with van der Waals surface area (Å²) in [5.74, 6) is 3.86. The Morgan fingerprint density at radius 1 is 1.36 bits per heavy atom. The number of nitrogens with zero attached hydrogens (tertiary/aromatic N) is 1. The smallest absolute Gasteiger partial charge is 0.0376 e. The van der Waals surface area contributed by atoms with Gasteiger partial charge in [-0.1, -0.05) is 6.42 Å². The Kier molecular flexibility index (Phi) is 3.38. The van der Waals surface area contributed by atoms with Crippen LogP contribution in [0, 0.1) is 17.8 Å². The summed E-state index contributed by atoms with van der Waals surface area (Å²) >= 11 is 5.87. The van der Waals surface area contributed by atoms with Crippen molar-refractivity contribution < 1.29 is 0 Å². The van der Waals surface area contributed by atoms with Crippen molar-refractivity contribution >= 4 is 11.6 Å².